The SMILES string of the molecule is CCOC(=O)c1sc(-c2ccn3ncc(Br)c3c2)nc1C(F)F. The van der Waals surface area contributed by atoms with Crippen LogP contribution in [0.25, 0.3) is 16.1 Å². The van der Waals surface area contributed by atoms with Gasteiger partial charge in [-0.2, -0.15) is 5.10 Å². The number of aromatic nitrogens is 3. The van der Waals surface area contributed by atoms with E-state index in [1.165, 1.54) is 0 Å². The summed E-state index contributed by atoms with van der Waals surface area (Å²) in [7, 11) is 0. The summed E-state index contributed by atoms with van der Waals surface area (Å²) in [4.78, 5) is 15.6. The lowest BCUT2D eigenvalue weighted by atomic mass is 10.2. The first-order chi connectivity index (χ1) is 11.0. The average Bonchev–Trinajstić information content (AvgIpc) is 3.12. The topological polar surface area (TPSA) is 56.5 Å². The predicted octanol–water partition coefficient (Wildman–Crippen LogP) is 4.33. The van der Waals surface area contributed by atoms with Gasteiger partial charge in [-0.25, -0.2) is 23.1 Å². The Bertz CT molecular complexity index is 878. The van der Waals surface area contributed by atoms with E-state index in [0.29, 0.717) is 10.6 Å². The number of nitrogens with zero attached hydrogens (tertiary/aromatic N) is 3. The molecule has 0 saturated carbocycles. The van der Waals surface area contributed by atoms with E-state index in [9.17, 15) is 13.6 Å². The Hall–Kier alpha value is -1.87. The summed E-state index contributed by atoms with van der Waals surface area (Å²) in [6.07, 6.45) is 0.489. The van der Waals surface area contributed by atoms with E-state index in [1.807, 2.05) is 0 Å². The van der Waals surface area contributed by atoms with Gasteiger partial charge in [0.15, 0.2) is 0 Å². The van der Waals surface area contributed by atoms with Crippen LogP contribution in [-0.2, 0) is 4.74 Å². The molecule has 3 aromatic heterocycles. The van der Waals surface area contributed by atoms with E-state index >= 15 is 0 Å². The molecule has 23 heavy (non-hydrogen) atoms. The molecular formula is C14H10BrF2N3O2S. The molecule has 3 heterocycles. The standard InChI is InChI=1S/C14H10BrF2N3O2S/c1-2-22-14(21)11-10(12(16)17)19-13(23-11)7-3-4-20-9(5-7)8(15)6-18-20/h3-6,12H,2H2,1H3. The number of halogens is 3. The van der Waals surface area contributed by atoms with Crippen LogP contribution in [0, 0.1) is 0 Å². The van der Waals surface area contributed by atoms with E-state index in [1.54, 1.807) is 36.0 Å². The van der Waals surface area contributed by atoms with Crippen molar-refractivity contribution in [2.24, 2.45) is 0 Å². The lowest BCUT2D eigenvalue weighted by Gasteiger charge is -2.00. The average molecular weight is 402 g/mol. The van der Waals surface area contributed by atoms with Gasteiger partial charge in [0.2, 0.25) is 0 Å². The number of pyridine rings is 1. The zero-order valence-corrected chi connectivity index (χ0v) is 14.2. The molecule has 120 valence electrons. The second-order valence-corrected chi connectivity index (χ2v) is 6.35. The minimum Gasteiger partial charge on any atom is -0.462 e. The highest BCUT2D eigenvalue weighted by molar-refractivity contribution is 9.10. The summed E-state index contributed by atoms with van der Waals surface area (Å²) >= 11 is 4.26. The smallest absolute Gasteiger partial charge is 0.350 e. The van der Waals surface area contributed by atoms with Crippen LogP contribution in [0.2, 0.25) is 0 Å². The molecule has 9 heteroatoms. The van der Waals surface area contributed by atoms with Crippen molar-refractivity contribution in [2.45, 2.75) is 13.3 Å². The maximum atomic E-state index is 13.1. The normalized spacial score (nSPS) is 11.3. The van der Waals surface area contributed by atoms with Crippen molar-refractivity contribution in [3.63, 3.8) is 0 Å². The first-order valence-electron chi connectivity index (χ1n) is 6.60. The fourth-order valence-corrected chi connectivity index (χ4v) is 3.38. The maximum Gasteiger partial charge on any atom is 0.350 e. The number of hydrogen-bond donors (Lipinski definition) is 0. The Morgan fingerprint density at radius 1 is 1.52 bits per heavy atom. The van der Waals surface area contributed by atoms with Crippen LogP contribution in [0.5, 0.6) is 0 Å². The Morgan fingerprint density at radius 2 is 2.30 bits per heavy atom. The molecule has 0 amide bonds. The van der Waals surface area contributed by atoms with Crippen LogP contribution in [0.15, 0.2) is 29.0 Å². The highest BCUT2D eigenvalue weighted by atomic mass is 79.9. The molecule has 0 aromatic carbocycles. The predicted molar refractivity (Wildman–Crippen MR) is 84.9 cm³/mol. The lowest BCUT2D eigenvalue weighted by molar-refractivity contribution is 0.0521. The van der Waals surface area contributed by atoms with Gasteiger partial charge in [0.1, 0.15) is 15.6 Å². The number of rotatable bonds is 4. The minimum absolute atomic E-state index is 0.115. The number of hydrogen-bond acceptors (Lipinski definition) is 5. The molecular weight excluding hydrogens is 392 g/mol. The molecule has 0 bridgehead atoms. The third kappa shape index (κ3) is 2.98. The van der Waals surface area contributed by atoms with Crippen molar-refractivity contribution in [3.8, 4) is 10.6 Å². The van der Waals surface area contributed by atoms with Crippen LogP contribution >= 0.6 is 27.3 Å². The first-order valence-corrected chi connectivity index (χ1v) is 8.21. The van der Waals surface area contributed by atoms with Crippen LogP contribution in [0.1, 0.15) is 28.7 Å². The van der Waals surface area contributed by atoms with Gasteiger partial charge >= 0.3 is 5.97 Å². The second kappa shape index (κ2) is 6.32. The summed E-state index contributed by atoms with van der Waals surface area (Å²) in [6.45, 7) is 1.73. The van der Waals surface area contributed by atoms with Crippen molar-refractivity contribution < 1.29 is 18.3 Å². The lowest BCUT2D eigenvalue weighted by Crippen LogP contribution is -2.05. The van der Waals surface area contributed by atoms with Gasteiger partial charge in [-0.3, -0.25) is 0 Å². The zero-order chi connectivity index (χ0) is 16.6. The van der Waals surface area contributed by atoms with E-state index in [4.69, 9.17) is 4.74 Å². The van der Waals surface area contributed by atoms with Gasteiger partial charge in [0, 0.05) is 11.8 Å². The fraction of sp³-hybridized carbons (Fsp3) is 0.214. The number of fused-ring (bicyclic) bond motifs is 1. The molecule has 3 aromatic rings. The molecule has 0 aliphatic carbocycles. The van der Waals surface area contributed by atoms with Gasteiger partial charge in [-0.05, 0) is 35.0 Å². The third-order valence-corrected chi connectivity index (χ3v) is 4.75. The summed E-state index contributed by atoms with van der Waals surface area (Å²) in [5.41, 5.74) is 0.853. The molecule has 0 aliphatic rings. The van der Waals surface area contributed by atoms with E-state index in [-0.39, 0.29) is 11.5 Å². The van der Waals surface area contributed by atoms with Crippen molar-refractivity contribution >= 4 is 38.8 Å². The Morgan fingerprint density at radius 3 is 3.00 bits per heavy atom. The number of carbonyl (C=O) groups is 1. The van der Waals surface area contributed by atoms with E-state index in [2.05, 4.69) is 26.0 Å². The van der Waals surface area contributed by atoms with Crippen LogP contribution < -0.4 is 0 Å². The zero-order valence-electron chi connectivity index (χ0n) is 11.8. The molecule has 0 aliphatic heterocycles. The minimum atomic E-state index is -2.84. The number of thiazole rings is 1. The third-order valence-electron chi connectivity index (χ3n) is 3.04. The second-order valence-electron chi connectivity index (χ2n) is 4.49. The first kappa shape index (κ1) is 16.0. The fourth-order valence-electron chi connectivity index (χ4n) is 2.03. The molecule has 0 unspecified atom stereocenters. The Labute approximate surface area is 142 Å². The molecule has 0 N–H and O–H groups in total. The number of carbonyl (C=O) groups excluding carboxylic acids is 1. The van der Waals surface area contributed by atoms with E-state index in [0.717, 1.165) is 21.3 Å². The van der Waals surface area contributed by atoms with Gasteiger partial charge in [-0.15, -0.1) is 11.3 Å². The molecule has 0 saturated heterocycles. The van der Waals surface area contributed by atoms with Crippen molar-refractivity contribution in [2.75, 3.05) is 6.61 Å². The van der Waals surface area contributed by atoms with Crippen molar-refractivity contribution in [1.82, 2.24) is 14.6 Å². The van der Waals surface area contributed by atoms with Gasteiger partial charge in [0.05, 0.1) is 22.8 Å². The highest BCUT2D eigenvalue weighted by Gasteiger charge is 2.26. The Balaban J connectivity index is 2.09. The van der Waals surface area contributed by atoms with Crippen LogP contribution in [-0.4, -0.2) is 27.2 Å². The summed E-state index contributed by atoms with van der Waals surface area (Å²) in [5.74, 6) is -0.779. The van der Waals surface area contributed by atoms with Crippen molar-refractivity contribution in [1.29, 1.82) is 0 Å². The van der Waals surface area contributed by atoms with E-state index < -0.39 is 18.1 Å². The van der Waals surface area contributed by atoms with Gasteiger partial charge in [-0.1, -0.05) is 0 Å². The van der Waals surface area contributed by atoms with Gasteiger partial charge < -0.3 is 4.74 Å². The van der Waals surface area contributed by atoms with Crippen LogP contribution in [0.3, 0.4) is 0 Å². The maximum absolute atomic E-state index is 13.1. The highest BCUT2D eigenvalue weighted by Crippen LogP contribution is 2.34. The van der Waals surface area contributed by atoms with Crippen LogP contribution in [0.4, 0.5) is 8.78 Å². The number of alkyl halides is 2. The molecule has 0 fully saturated rings. The number of ether oxygens (including phenoxy) is 1. The molecule has 0 spiro atoms. The molecule has 5 nitrogen and oxygen atoms in total. The molecule has 3 rings (SSSR count). The summed E-state index contributed by atoms with van der Waals surface area (Å²) in [6, 6.07) is 3.47. The monoisotopic (exact) mass is 401 g/mol. The molecule has 0 atom stereocenters. The quantitative estimate of drug-likeness (QED) is 0.610. The Kier molecular flexibility index (Phi) is 4.40. The van der Waals surface area contributed by atoms with Crippen molar-refractivity contribution in [3.05, 3.63) is 39.6 Å². The largest absolute Gasteiger partial charge is 0.462 e. The number of esters is 1. The van der Waals surface area contributed by atoms with Gasteiger partial charge in [0.25, 0.3) is 6.43 Å². The summed E-state index contributed by atoms with van der Waals surface area (Å²) in [5, 5.41) is 4.45. The summed E-state index contributed by atoms with van der Waals surface area (Å²) < 4.78 is 33.5. The molecule has 0 radical (unpaired) electrons.